The normalized spacial score (nSPS) is 20.6. The van der Waals surface area contributed by atoms with E-state index in [9.17, 15) is 0 Å². The van der Waals surface area contributed by atoms with Gasteiger partial charge in [0.1, 0.15) is 0 Å². The Morgan fingerprint density at radius 2 is 2.22 bits per heavy atom. The van der Waals surface area contributed by atoms with E-state index in [1.807, 2.05) is 11.3 Å². The fourth-order valence-corrected chi connectivity index (χ4v) is 4.14. The number of aliphatic imine (C=N–C) groups is 1. The molecule has 0 radical (unpaired) electrons. The SMILES string of the molecule is CCNC(=NCCCOCC1CCCO1)N1CCN(c2cccs2)CC1.I. The van der Waals surface area contributed by atoms with E-state index in [2.05, 4.69) is 39.6 Å². The van der Waals surface area contributed by atoms with E-state index in [-0.39, 0.29) is 24.0 Å². The van der Waals surface area contributed by atoms with Gasteiger partial charge in [0, 0.05) is 52.5 Å². The lowest BCUT2D eigenvalue weighted by Crippen LogP contribution is -2.52. The van der Waals surface area contributed by atoms with E-state index in [0.717, 1.165) is 77.9 Å². The van der Waals surface area contributed by atoms with E-state index < -0.39 is 0 Å². The van der Waals surface area contributed by atoms with Crippen molar-refractivity contribution in [3.05, 3.63) is 17.5 Å². The van der Waals surface area contributed by atoms with Crippen LogP contribution in [0.15, 0.2) is 22.5 Å². The van der Waals surface area contributed by atoms with Gasteiger partial charge in [-0.25, -0.2) is 0 Å². The van der Waals surface area contributed by atoms with Crippen molar-refractivity contribution in [3.8, 4) is 0 Å². The molecule has 8 heteroatoms. The number of hydrogen-bond acceptors (Lipinski definition) is 5. The highest BCUT2D eigenvalue weighted by Gasteiger charge is 2.20. The van der Waals surface area contributed by atoms with Gasteiger partial charge in [0.2, 0.25) is 0 Å². The zero-order chi connectivity index (χ0) is 18.0. The molecular weight excluding hydrogens is 475 g/mol. The van der Waals surface area contributed by atoms with Gasteiger partial charge in [0.25, 0.3) is 0 Å². The predicted molar refractivity (Wildman–Crippen MR) is 124 cm³/mol. The molecular formula is C19H33IN4O2S. The summed E-state index contributed by atoms with van der Waals surface area (Å²) >= 11 is 1.82. The maximum absolute atomic E-state index is 5.73. The number of anilines is 1. The first kappa shape index (κ1) is 22.7. The van der Waals surface area contributed by atoms with Crippen molar-refractivity contribution in [1.29, 1.82) is 0 Å². The standard InChI is InChI=1S/C19H32N4O2S.HI/c1-2-20-19(21-8-5-13-24-16-17-6-3-14-25-17)23-11-9-22(10-12-23)18-7-4-15-26-18;/h4,7,15,17H,2-3,5-6,8-14,16H2,1H3,(H,20,21);1H. The zero-order valence-electron chi connectivity index (χ0n) is 16.3. The molecule has 0 aromatic carbocycles. The summed E-state index contributed by atoms with van der Waals surface area (Å²) < 4.78 is 11.3. The van der Waals surface area contributed by atoms with Gasteiger partial charge in [-0.2, -0.15) is 0 Å². The second kappa shape index (κ2) is 12.8. The lowest BCUT2D eigenvalue weighted by Gasteiger charge is -2.37. The second-order valence-electron chi connectivity index (χ2n) is 6.72. The highest BCUT2D eigenvalue weighted by Crippen LogP contribution is 2.22. The Balaban J connectivity index is 0.00000261. The Hall–Kier alpha value is -0.580. The molecule has 0 bridgehead atoms. The zero-order valence-corrected chi connectivity index (χ0v) is 19.4. The van der Waals surface area contributed by atoms with E-state index in [4.69, 9.17) is 14.5 Å². The summed E-state index contributed by atoms with van der Waals surface area (Å²) in [5.74, 6) is 1.04. The monoisotopic (exact) mass is 508 g/mol. The fourth-order valence-electron chi connectivity index (χ4n) is 3.36. The summed E-state index contributed by atoms with van der Waals surface area (Å²) in [5, 5.41) is 6.95. The van der Waals surface area contributed by atoms with Gasteiger partial charge in [0.15, 0.2) is 5.96 Å². The Labute approximate surface area is 184 Å². The summed E-state index contributed by atoms with van der Waals surface area (Å²) in [6.45, 7) is 10.3. The molecule has 0 spiro atoms. The minimum atomic E-state index is 0. The summed E-state index contributed by atoms with van der Waals surface area (Å²) in [6, 6.07) is 4.33. The number of nitrogens with one attached hydrogen (secondary N) is 1. The van der Waals surface area contributed by atoms with Crippen molar-refractivity contribution in [2.45, 2.75) is 32.3 Å². The number of thiophene rings is 1. The quantitative estimate of drug-likeness (QED) is 0.253. The molecule has 0 aliphatic carbocycles. The van der Waals surface area contributed by atoms with Crippen LogP contribution in [0.25, 0.3) is 0 Å². The topological polar surface area (TPSA) is 49.3 Å². The number of guanidine groups is 1. The highest BCUT2D eigenvalue weighted by atomic mass is 127. The third kappa shape index (κ3) is 7.40. The summed E-state index contributed by atoms with van der Waals surface area (Å²) in [6.07, 6.45) is 3.58. The van der Waals surface area contributed by atoms with E-state index in [1.165, 1.54) is 11.4 Å². The van der Waals surface area contributed by atoms with Crippen LogP contribution in [0.4, 0.5) is 5.00 Å². The molecule has 0 saturated carbocycles. The molecule has 3 rings (SSSR count). The predicted octanol–water partition coefficient (Wildman–Crippen LogP) is 3.04. The molecule has 6 nitrogen and oxygen atoms in total. The third-order valence-corrected chi connectivity index (χ3v) is 5.70. The molecule has 1 atom stereocenters. The Morgan fingerprint density at radius 3 is 2.89 bits per heavy atom. The number of piperazine rings is 1. The molecule has 154 valence electrons. The molecule has 1 unspecified atom stereocenters. The minimum absolute atomic E-state index is 0. The van der Waals surface area contributed by atoms with Crippen LogP contribution in [-0.4, -0.2) is 76.1 Å². The van der Waals surface area contributed by atoms with Gasteiger partial charge in [-0.15, -0.1) is 35.3 Å². The maximum Gasteiger partial charge on any atom is 0.194 e. The van der Waals surface area contributed by atoms with Gasteiger partial charge >= 0.3 is 0 Å². The Bertz CT molecular complexity index is 530. The number of ether oxygens (including phenoxy) is 2. The van der Waals surface area contributed by atoms with Crippen LogP contribution in [0.2, 0.25) is 0 Å². The van der Waals surface area contributed by atoms with Crippen LogP contribution in [0.5, 0.6) is 0 Å². The van der Waals surface area contributed by atoms with Crippen LogP contribution in [0, 0.1) is 0 Å². The molecule has 1 N–H and O–H groups in total. The lowest BCUT2D eigenvalue weighted by atomic mass is 10.2. The molecule has 2 fully saturated rings. The van der Waals surface area contributed by atoms with Crippen LogP contribution in [-0.2, 0) is 9.47 Å². The van der Waals surface area contributed by atoms with Gasteiger partial charge in [-0.05, 0) is 43.7 Å². The van der Waals surface area contributed by atoms with Crippen LogP contribution >= 0.6 is 35.3 Å². The molecule has 1 aromatic heterocycles. The summed E-state index contributed by atoms with van der Waals surface area (Å²) in [5.41, 5.74) is 0. The number of halogens is 1. The first-order valence-electron chi connectivity index (χ1n) is 9.88. The van der Waals surface area contributed by atoms with Crippen molar-refractivity contribution in [2.75, 3.05) is 64.0 Å². The Morgan fingerprint density at radius 1 is 1.37 bits per heavy atom. The minimum Gasteiger partial charge on any atom is -0.379 e. The number of rotatable bonds is 8. The lowest BCUT2D eigenvalue weighted by molar-refractivity contribution is 0.0170. The van der Waals surface area contributed by atoms with Crippen LogP contribution in [0.1, 0.15) is 26.2 Å². The summed E-state index contributed by atoms with van der Waals surface area (Å²) in [4.78, 5) is 9.64. The largest absolute Gasteiger partial charge is 0.379 e. The van der Waals surface area contributed by atoms with E-state index >= 15 is 0 Å². The van der Waals surface area contributed by atoms with Gasteiger partial charge in [0.05, 0.1) is 17.7 Å². The maximum atomic E-state index is 5.73. The highest BCUT2D eigenvalue weighted by molar-refractivity contribution is 14.0. The molecule has 0 amide bonds. The van der Waals surface area contributed by atoms with Crippen molar-refractivity contribution in [1.82, 2.24) is 10.2 Å². The van der Waals surface area contributed by atoms with Gasteiger partial charge in [-0.3, -0.25) is 4.99 Å². The van der Waals surface area contributed by atoms with E-state index in [0.29, 0.717) is 6.10 Å². The number of hydrogen-bond donors (Lipinski definition) is 1. The molecule has 2 aliphatic rings. The van der Waals surface area contributed by atoms with Crippen LogP contribution in [0.3, 0.4) is 0 Å². The van der Waals surface area contributed by atoms with Crippen LogP contribution < -0.4 is 10.2 Å². The molecule has 2 aliphatic heterocycles. The van der Waals surface area contributed by atoms with Gasteiger partial charge in [-0.1, -0.05) is 0 Å². The Kier molecular flexibility index (Phi) is 10.8. The van der Waals surface area contributed by atoms with Crippen molar-refractivity contribution < 1.29 is 9.47 Å². The van der Waals surface area contributed by atoms with Crippen molar-refractivity contribution >= 4 is 46.3 Å². The smallest absolute Gasteiger partial charge is 0.194 e. The first-order chi connectivity index (χ1) is 12.9. The average Bonchev–Trinajstić information content (AvgIpc) is 3.38. The van der Waals surface area contributed by atoms with Crippen molar-refractivity contribution in [3.63, 3.8) is 0 Å². The molecule has 27 heavy (non-hydrogen) atoms. The second-order valence-corrected chi connectivity index (χ2v) is 7.65. The molecule has 3 heterocycles. The molecule has 1 aromatic rings. The third-order valence-electron chi connectivity index (χ3n) is 4.77. The first-order valence-corrected chi connectivity index (χ1v) is 10.8. The van der Waals surface area contributed by atoms with Crippen molar-refractivity contribution in [2.24, 2.45) is 4.99 Å². The summed E-state index contributed by atoms with van der Waals surface area (Å²) in [7, 11) is 0. The fraction of sp³-hybridized carbons (Fsp3) is 0.737. The number of nitrogens with zero attached hydrogens (tertiary/aromatic N) is 3. The van der Waals surface area contributed by atoms with E-state index in [1.54, 1.807) is 0 Å². The average molecular weight is 508 g/mol. The van der Waals surface area contributed by atoms with Gasteiger partial charge < -0.3 is 24.6 Å². The molecule has 2 saturated heterocycles.